The second kappa shape index (κ2) is 5.44. The summed E-state index contributed by atoms with van der Waals surface area (Å²) in [6.07, 6.45) is 3.50. The molecule has 0 spiro atoms. The van der Waals surface area contributed by atoms with Gasteiger partial charge < -0.3 is 0 Å². The molecule has 0 saturated carbocycles. The third-order valence-electron chi connectivity index (χ3n) is 2.30. The van der Waals surface area contributed by atoms with Gasteiger partial charge in [0.2, 0.25) is 0 Å². The number of nitrogens with two attached hydrogens (primary N) is 1. The second-order valence-corrected chi connectivity index (χ2v) is 4.78. The number of unbranched alkanes of at least 4 members (excludes halogenated alkanes) is 1. The lowest BCUT2D eigenvalue weighted by Gasteiger charge is -2.13. The molecule has 1 rings (SSSR count). The van der Waals surface area contributed by atoms with E-state index < -0.39 is 0 Å². The van der Waals surface area contributed by atoms with E-state index in [1.165, 1.54) is 17.7 Å². The van der Waals surface area contributed by atoms with Gasteiger partial charge in [0.05, 0.1) is 16.7 Å². The fraction of sp³-hybridized carbons (Fsp3) is 0.700. The number of hydrogen-bond acceptors (Lipinski definition) is 4. The molecule has 0 fully saturated rings. The highest BCUT2D eigenvalue weighted by Gasteiger charge is 2.15. The van der Waals surface area contributed by atoms with Crippen LogP contribution in [-0.2, 0) is 0 Å². The number of thiazole rings is 1. The molecule has 0 aromatic carbocycles. The zero-order valence-corrected chi connectivity index (χ0v) is 9.95. The summed E-state index contributed by atoms with van der Waals surface area (Å²) in [4.78, 5) is 5.70. The zero-order valence-electron chi connectivity index (χ0n) is 9.13. The second-order valence-electron chi connectivity index (χ2n) is 3.54. The molecule has 0 aliphatic rings. The molecule has 3 nitrogen and oxygen atoms in total. The molecule has 1 atom stereocenters. The van der Waals surface area contributed by atoms with Gasteiger partial charge in [0.25, 0.3) is 0 Å². The van der Waals surface area contributed by atoms with Crippen LogP contribution in [0, 0.1) is 13.8 Å². The average molecular weight is 213 g/mol. The van der Waals surface area contributed by atoms with E-state index in [0.29, 0.717) is 0 Å². The van der Waals surface area contributed by atoms with Crippen LogP contribution in [-0.4, -0.2) is 4.98 Å². The van der Waals surface area contributed by atoms with Crippen LogP contribution < -0.4 is 11.3 Å². The Bertz CT molecular complexity index is 283. The van der Waals surface area contributed by atoms with Crippen molar-refractivity contribution in [3.8, 4) is 0 Å². The summed E-state index contributed by atoms with van der Waals surface area (Å²) in [5.41, 5.74) is 3.99. The quantitative estimate of drug-likeness (QED) is 0.583. The average Bonchev–Trinajstić information content (AvgIpc) is 2.47. The lowest BCUT2D eigenvalue weighted by atomic mass is 10.1. The van der Waals surface area contributed by atoms with Crippen molar-refractivity contribution < 1.29 is 0 Å². The Kier molecular flexibility index (Phi) is 4.51. The Morgan fingerprint density at radius 1 is 1.50 bits per heavy atom. The van der Waals surface area contributed by atoms with Gasteiger partial charge in [0.1, 0.15) is 0 Å². The van der Waals surface area contributed by atoms with Crippen molar-refractivity contribution >= 4 is 11.3 Å². The van der Waals surface area contributed by atoms with Crippen molar-refractivity contribution in [3.05, 3.63) is 15.6 Å². The summed E-state index contributed by atoms with van der Waals surface area (Å²) in [5.74, 6) is 5.55. The fourth-order valence-electron chi connectivity index (χ4n) is 1.57. The molecule has 1 aromatic heterocycles. The molecule has 4 heteroatoms. The number of aryl methyl sites for hydroxylation is 2. The molecule has 80 valence electrons. The highest BCUT2D eigenvalue weighted by molar-refractivity contribution is 7.11. The van der Waals surface area contributed by atoms with E-state index in [-0.39, 0.29) is 6.04 Å². The largest absolute Gasteiger partial charge is 0.271 e. The number of hydrogen-bond donors (Lipinski definition) is 2. The van der Waals surface area contributed by atoms with Crippen LogP contribution in [0.25, 0.3) is 0 Å². The first-order valence-corrected chi connectivity index (χ1v) is 5.90. The number of aromatic nitrogens is 1. The third kappa shape index (κ3) is 2.77. The summed E-state index contributed by atoms with van der Waals surface area (Å²) in [6, 6.07) is 0.279. The van der Waals surface area contributed by atoms with Crippen LogP contribution in [0.1, 0.15) is 47.8 Å². The molecule has 0 aliphatic heterocycles. The minimum atomic E-state index is 0.279. The van der Waals surface area contributed by atoms with E-state index in [9.17, 15) is 0 Å². The van der Waals surface area contributed by atoms with E-state index in [2.05, 4.69) is 24.3 Å². The molecular formula is C10H19N3S. The first-order chi connectivity index (χ1) is 6.69. The number of nitrogens with zero attached hydrogens (tertiary/aromatic N) is 1. The topological polar surface area (TPSA) is 50.9 Å². The van der Waals surface area contributed by atoms with Gasteiger partial charge in [-0.2, -0.15) is 0 Å². The Morgan fingerprint density at radius 2 is 2.21 bits per heavy atom. The maximum atomic E-state index is 5.55. The summed E-state index contributed by atoms with van der Waals surface area (Å²) < 4.78 is 0. The summed E-state index contributed by atoms with van der Waals surface area (Å²) in [6.45, 7) is 6.28. The van der Waals surface area contributed by atoms with Crippen LogP contribution in [0.2, 0.25) is 0 Å². The van der Waals surface area contributed by atoms with Gasteiger partial charge in [-0.15, -0.1) is 11.3 Å². The lowest BCUT2D eigenvalue weighted by molar-refractivity contribution is 0.499. The van der Waals surface area contributed by atoms with Crippen molar-refractivity contribution in [3.63, 3.8) is 0 Å². The van der Waals surface area contributed by atoms with Crippen LogP contribution in [0.15, 0.2) is 0 Å². The van der Waals surface area contributed by atoms with Gasteiger partial charge >= 0.3 is 0 Å². The first-order valence-electron chi connectivity index (χ1n) is 5.09. The maximum absolute atomic E-state index is 5.55. The van der Waals surface area contributed by atoms with Crippen molar-refractivity contribution in [2.24, 2.45) is 5.84 Å². The van der Waals surface area contributed by atoms with Gasteiger partial charge in [-0.1, -0.05) is 19.8 Å². The van der Waals surface area contributed by atoms with Crippen molar-refractivity contribution in [2.75, 3.05) is 0 Å². The van der Waals surface area contributed by atoms with E-state index in [1.54, 1.807) is 11.3 Å². The van der Waals surface area contributed by atoms with Crippen molar-refractivity contribution in [2.45, 2.75) is 46.1 Å². The fourth-order valence-corrected chi connectivity index (χ4v) is 2.59. The minimum absolute atomic E-state index is 0.279. The molecule has 14 heavy (non-hydrogen) atoms. The summed E-state index contributed by atoms with van der Waals surface area (Å²) in [7, 11) is 0. The van der Waals surface area contributed by atoms with E-state index in [1.807, 2.05) is 6.92 Å². The van der Waals surface area contributed by atoms with Crippen molar-refractivity contribution in [1.29, 1.82) is 0 Å². The molecule has 0 bridgehead atoms. The van der Waals surface area contributed by atoms with Crippen molar-refractivity contribution in [1.82, 2.24) is 10.4 Å². The molecular weight excluding hydrogens is 194 g/mol. The van der Waals surface area contributed by atoms with Gasteiger partial charge in [-0.25, -0.2) is 4.98 Å². The number of nitrogens with one attached hydrogen (secondary N) is 1. The summed E-state index contributed by atoms with van der Waals surface area (Å²) in [5, 5.41) is 1.12. The Labute approximate surface area is 89.7 Å². The lowest BCUT2D eigenvalue weighted by Crippen LogP contribution is -2.27. The van der Waals surface area contributed by atoms with E-state index >= 15 is 0 Å². The molecule has 3 N–H and O–H groups in total. The van der Waals surface area contributed by atoms with Crippen LogP contribution in [0.4, 0.5) is 0 Å². The molecule has 1 heterocycles. The highest BCUT2D eigenvalue weighted by Crippen LogP contribution is 2.27. The van der Waals surface area contributed by atoms with Gasteiger partial charge in [0, 0.05) is 4.88 Å². The predicted octanol–water partition coefficient (Wildman–Crippen LogP) is 2.45. The van der Waals surface area contributed by atoms with Gasteiger partial charge in [-0.05, 0) is 20.3 Å². The highest BCUT2D eigenvalue weighted by atomic mass is 32.1. The molecule has 0 amide bonds. The van der Waals surface area contributed by atoms with Gasteiger partial charge in [-0.3, -0.25) is 11.3 Å². The zero-order chi connectivity index (χ0) is 10.6. The number of hydrazine groups is 1. The Hall–Kier alpha value is -0.450. The Morgan fingerprint density at radius 3 is 2.64 bits per heavy atom. The van der Waals surface area contributed by atoms with E-state index in [4.69, 9.17) is 5.84 Å². The van der Waals surface area contributed by atoms with Crippen LogP contribution >= 0.6 is 11.3 Å². The smallest absolute Gasteiger partial charge is 0.0900 e. The van der Waals surface area contributed by atoms with Crippen LogP contribution in [0.3, 0.4) is 0 Å². The third-order valence-corrected chi connectivity index (χ3v) is 3.49. The molecule has 0 radical (unpaired) electrons. The normalized spacial score (nSPS) is 13.1. The molecule has 1 aromatic rings. The van der Waals surface area contributed by atoms with Crippen LogP contribution in [0.5, 0.6) is 0 Å². The SMILES string of the molecule is CCCCC(NN)c1sc(C)nc1C. The minimum Gasteiger partial charge on any atom is -0.271 e. The Balaban J connectivity index is 2.72. The monoisotopic (exact) mass is 213 g/mol. The maximum Gasteiger partial charge on any atom is 0.0900 e. The molecule has 1 unspecified atom stereocenters. The molecule has 0 saturated heterocycles. The van der Waals surface area contributed by atoms with E-state index in [0.717, 1.165) is 17.1 Å². The standard InChI is InChI=1S/C10H19N3S/c1-4-5-6-9(13-11)10-7(2)12-8(3)14-10/h9,13H,4-6,11H2,1-3H3. The molecule has 0 aliphatic carbocycles. The van der Waals surface area contributed by atoms with Gasteiger partial charge in [0.15, 0.2) is 0 Å². The summed E-state index contributed by atoms with van der Waals surface area (Å²) >= 11 is 1.74. The predicted molar refractivity (Wildman–Crippen MR) is 61.2 cm³/mol. The first kappa shape index (κ1) is 11.6. The number of rotatable bonds is 5.